The van der Waals surface area contributed by atoms with Crippen LogP contribution in [0.3, 0.4) is 0 Å². The van der Waals surface area contributed by atoms with Crippen LogP contribution in [0.1, 0.15) is 12.0 Å². The fourth-order valence-corrected chi connectivity index (χ4v) is 6.35. The average molecular weight is 457 g/mol. The Balaban J connectivity index is 1.32. The van der Waals surface area contributed by atoms with Gasteiger partial charge in [0.1, 0.15) is 6.04 Å². The molecule has 0 aromatic heterocycles. The number of amides is 3. The summed E-state index contributed by atoms with van der Waals surface area (Å²) in [5, 5.41) is 13.8. The second-order valence-corrected chi connectivity index (χ2v) is 9.70. The molecule has 1 saturated heterocycles. The average Bonchev–Trinajstić information content (AvgIpc) is 3.62. The van der Waals surface area contributed by atoms with E-state index < -0.39 is 28.7 Å². The highest BCUT2D eigenvalue weighted by molar-refractivity contribution is 6.10. The molecule has 3 fully saturated rings. The number of nitrogens with one attached hydrogen (secondary N) is 1. The molecule has 8 heteroatoms. The van der Waals surface area contributed by atoms with E-state index in [9.17, 15) is 24.5 Å². The zero-order valence-electron chi connectivity index (χ0n) is 18.2. The third-order valence-electron chi connectivity index (χ3n) is 7.91. The van der Waals surface area contributed by atoms with Crippen LogP contribution in [0.2, 0.25) is 0 Å². The number of benzene rings is 2. The number of allylic oxidation sites excluding steroid dienone is 2. The van der Waals surface area contributed by atoms with Gasteiger partial charge in [-0.15, -0.1) is 0 Å². The lowest BCUT2D eigenvalue weighted by Gasteiger charge is -2.37. The number of carbonyl (C=O) groups is 3. The third kappa shape index (κ3) is 3.16. The largest absolute Gasteiger partial charge is 0.324 e. The minimum atomic E-state index is -1.04. The van der Waals surface area contributed by atoms with Crippen LogP contribution >= 0.6 is 0 Å². The lowest BCUT2D eigenvalue weighted by Crippen LogP contribution is -2.49. The van der Waals surface area contributed by atoms with E-state index in [1.807, 2.05) is 30.3 Å². The molecule has 7 atom stereocenters. The minimum Gasteiger partial charge on any atom is -0.324 e. The molecule has 1 aliphatic heterocycles. The molecular weight excluding hydrogens is 434 g/mol. The van der Waals surface area contributed by atoms with Crippen LogP contribution < -0.4 is 5.32 Å². The highest BCUT2D eigenvalue weighted by Gasteiger charge is 2.67. The zero-order chi connectivity index (χ0) is 23.6. The van der Waals surface area contributed by atoms with Crippen LogP contribution in [0.25, 0.3) is 0 Å². The van der Waals surface area contributed by atoms with Crippen LogP contribution in [0, 0.1) is 45.6 Å². The Bertz CT molecular complexity index is 1210. The highest BCUT2D eigenvalue weighted by Crippen LogP contribution is 2.65. The van der Waals surface area contributed by atoms with E-state index in [0.717, 1.165) is 12.0 Å². The summed E-state index contributed by atoms with van der Waals surface area (Å²) >= 11 is 0. The predicted octanol–water partition coefficient (Wildman–Crippen LogP) is 3.20. The maximum atomic E-state index is 13.6. The molecule has 8 nitrogen and oxygen atoms in total. The molecule has 7 rings (SSSR count). The quantitative estimate of drug-likeness (QED) is 0.310. The van der Waals surface area contributed by atoms with Gasteiger partial charge in [0.15, 0.2) is 0 Å². The van der Waals surface area contributed by atoms with Crippen LogP contribution in [0.4, 0.5) is 11.4 Å². The van der Waals surface area contributed by atoms with Gasteiger partial charge in [-0.3, -0.25) is 29.4 Å². The lowest BCUT2D eigenvalue weighted by molar-refractivity contribution is -0.384. The van der Waals surface area contributed by atoms with E-state index in [-0.39, 0.29) is 41.4 Å². The number of likely N-dealkylation sites (tertiary alicyclic amines) is 1. The Labute approximate surface area is 195 Å². The zero-order valence-corrected chi connectivity index (χ0v) is 18.2. The van der Waals surface area contributed by atoms with Crippen molar-refractivity contribution < 1.29 is 19.3 Å². The van der Waals surface area contributed by atoms with Gasteiger partial charge in [-0.2, -0.15) is 0 Å². The first-order valence-electron chi connectivity index (χ1n) is 11.6. The maximum Gasteiger partial charge on any atom is 0.271 e. The summed E-state index contributed by atoms with van der Waals surface area (Å²) in [6.45, 7) is 0. The normalized spacial score (nSPS) is 31.1. The van der Waals surface area contributed by atoms with Gasteiger partial charge in [-0.1, -0.05) is 48.6 Å². The molecule has 5 aliphatic rings. The molecule has 2 aromatic carbocycles. The van der Waals surface area contributed by atoms with E-state index in [1.54, 1.807) is 6.07 Å². The Morgan fingerprint density at radius 2 is 1.65 bits per heavy atom. The standard InChI is InChI=1S/C26H23N3O5/c30-24(27-15-7-4-8-16(12-15)29(33)34)21(11-14-5-2-1-3-6-14)28-25(31)22-17-9-10-18(20-13-19(17)20)23(22)26(28)32/h1-10,12,17-23H,11,13H2,(H,27,30)/t17-,18-,19-,20-,21-,22-,23+/m1/s1. The summed E-state index contributed by atoms with van der Waals surface area (Å²) in [7, 11) is 0. The van der Waals surface area contributed by atoms with E-state index in [4.69, 9.17) is 0 Å². The minimum absolute atomic E-state index is 0.0682. The third-order valence-corrected chi connectivity index (χ3v) is 7.91. The van der Waals surface area contributed by atoms with Gasteiger partial charge in [0, 0.05) is 24.2 Å². The topological polar surface area (TPSA) is 110 Å². The van der Waals surface area contributed by atoms with Gasteiger partial charge >= 0.3 is 0 Å². The number of hydrogen-bond acceptors (Lipinski definition) is 5. The Kier molecular flexibility index (Phi) is 4.65. The maximum absolute atomic E-state index is 13.6. The van der Waals surface area contributed by atoms with Crippen molar-refractivity contribution >= 4 is 29.1 Å². The van der Waals surface area contributed by atoms with Crippen molar-refractivity contribution in [2.45, 2.75) is 18.9 Å². The van der Waals surface area contributed by atoms with Crippen LogP contribution in [-0.4, -0.2) is 33.6 Å². The summed E-state index contributed by atoms with van der Waals surface area (Å²) in [6, 6.07) is 13.8. The summed E-state index contributed by atoms with van der Waals surface area (Å²) in [6.07, 6.45) is 5.44. The summed E-state index contributed by atoms with van der Waals surface area (Å²) in [5.74, 6) is -0.777. The van der Waals surface area contributed by atoms with E-state index >= 15 is 0 Å². The number of carbonyl (C=O) groups excluding carboxylic acids is 3. The van der Waals surface area contributed by atoms with Gasteiger partial charge < -0.3 is 5.32 Å². The number of nitro benzene ring substituents is 1. The van der Waals surface area contributed by atoms with Gasteiger partial charge in [0.25, 0.3) is 5.69 Å². The van der Waals surface area contributed by atoms with Crippen LogP contribution in [0.15, 0.2) is 66.7 Å². The van der Waals surface area contributed by atoms with E-state index in [2.05, 4.69) is 17.5 Å². The smallest absolute Gasteiger partial charge is 0.271 e. The number of imide groups is 1. The van der Waals surface area contributed by atoms with Crippen molar-refractivity contribution in [1.82, 2.24) is 4.90 Å². The summed E-state index contributed by atoms with van der Waals surface area (Å²) < 4.78 is 0. The Morgan fingerprint density at radius 3 is 2.26 bits per heavy atom. The van der Waals surface area contributed by atoms with Crippen molar-refractivity contribution in [3.05, 3.63) is 82.4 Å². The molecule has 0 spiro atoms. The second kappa shape index (κ2) is 7.62. The van der Waals surface area contributed by atoms with E-state index in [1.165, 1.54) is 23.1 Å². The fraction of sp³-hybridized carbons (Fsp3) is 0.346. The Hall–Kier alpha value is -3.81. The molecule has 2 bridgehead atoms. The molecule has 1 N–H and O–H groups in total. The first-order valence-corrected chi connectivity index (χ1v) is 11.6. The molecule has 0 radical (unpaired) electrons. The fourth-order valence-electron chi connectivity index (χ4n) is 6.35. The highest BCUT2D eigenvalue weighted by atomic mass is 16.6. The van der Waals surface area contributed by atoms with Crippen molar-refractivity contribution in [2.75, 3.05) is 5.32 Å². The molecular formula is C26H23N3O5. The van der Waals surface area contributed by atoms with Crippen LogP contribution in [0.5, 0.6) is 0 Å². The number of rotatable bonds is 6. The molecule has 34 heavy (non-hydrogen) atoms. The molecule has 1 heterocycles. The van der Waals surface area contributed by atoms with E-state index in [0.29, 0.717) is 11.8 Å². The molecule has 4 aliphatic carbocycles. The first kappa shape index (κ1) is 20.8. The van der Waals surface area contributed by atoms with Crippen LogP contribution in [-0.2, 0) is 20.8 Å². The molecule has 3 amide bonds. The molecule has 2 saturated carbocycles. The first-order chi connectivity index (χ1) is 16.4. The monoisotopic (exact) mass is 457 g/mol. The number of nitrogens with zero attached hydrogens (tertiary/aromatic N) is 2. The van der Waals surface area contributed by atoms with Gasteiger partial charge in [-0.05, 0) is 41.7 Å². The Morgan fingerprint density at radius 1 is 1.00 bits per heavy atom. The van der Waals surface area contributed by atoms with Crippen molar-refractivity contribution in [1.29, 1.82) is 0 Å². The summed E-state index contributed by atoms with van der Waals surface area (Å²) in [5.41, 5.74) is 0.913. The molecule has 0 unspecified atom stereocenters. The van der Waals surface area contributed by atoms with Gasteiger partial charge in [0.05, 0.1) is 16.8 Å². The van der Waals surface area contributed by atoms with Gasteiger partial charge in [0.2, 0.25) is 17.7 Å². The lowest BCUT2D eigenvalue weighted by atomic mass is 9.63. The predicted molar refractivity (Wildman–Crippen MR) is 122 cm³/mol. The van der Waals surface area contributed by atoms with Crippen molar-refractivity contribution in [2.24, 2.45) is 35.5 Å². The SMILES string of the molecule is O=C(Nc1cccc([N+](=O)[O-])c1)[C@@H](Cc1ccccc1)N1C(=O)[C@@H]2[C@@H]3C=C[C@H]([C@H]4C[C@H]34)[C@@H]2C1=O. The number of non-ortho nitro benzene ring substituents is 1. The number of anilines is 1. The summed E-state index contributed by atoms with van der Waals surface area (Å²) in [4.78, 5) is 52.6. The number of hydrogen-bond donors (Lipinski definition) is 1. The van der Waals surface area contributed by atoms with Crippen molar-refractivity contribution in [3.63, 3.8) is 0 Å². The number of nitro groups is 1. The molecule has 2 aromatic rings. The molecule has 172 valence electrons. The second-order valence-electron chi connectivity index (χ2n) is 9.70. The van der Waals surface area contributed by atoms with Crippen molar-refractivity contribution in [3.8, 4) is 0 Å². The van der Waals surface area contributed by atoms with Gasteiger partial charge in [-0.25, -0.2) is 0 Å².